The molecule has 0 aliphatic heterocycles. The van der Waals surface area contributed by atoms with Crippen LogP contribution in [0.1, 0.15) is 5.56 Å². The van der Waals surface area contributed by atoms with Crippen LogP contribution in [0.2, 0.25) is 0 Å². The van der Waals surface area contributed by atoms with Gasteiger partial charge in [-0.15, -0.1) is 12.4 Å². The van der Waals surface area contributed by atoms with Gasteiger partial charge in [-0.25, -0.2) is 4.98 Å². The number of aromatic nitrogens is 1. The van der Waals surface area contributed by atoms with Crippen LogP contribution in [0.25, 0.3) is 0 Å². The third-order valence-electron chi connectivity index (χ3n) is 2.04. The molecule has 0 bridgehead atoms. The first-order chi connectivity index (χ1) is 7.00. The van der Waals surface area contributed by atoms with E-state index >= 15 is 0 Å². The Morgan fingerprint density at radius 1 is 1.56 bits per heavy atom. The number of carbonyl (C=O) groups is 1. The average molecular weight is 246 g/mol. The fourth-order valence-electron chi connectivity index (χ4n) is 1.14. The number of rotatable bonds is 4. The number of nitrogens with zero attached hydrogens (tertiary/aromatic N) is 2. The van der Waals surface area contributed by atoms with Gasteiger partial charge in [0.25, 0.3) is 0 Å². The molecule has 90 valence electrons. The number of pyridine rings is 1. The van der Waals surface area contributed by atoms with E-state index in [1.165, 1.54) is 0 Å². The smallest absolute Gasteiger partial charge is 0.320 e. The SMILES string of the molecule is CN(C)c1ccc(C[C@H](N)C(=O)O)cn1.Cl. The molecule has 0 saturated heterocycles. The van der Waals surface area contributed by atoms with E-state index in [9.17, 15) is 4.79 Å². The Hall–Kier alpha value is -1.33. The van der Waals surface area contributed by atoms with Gasteiger partial charge in [-0.2, -0.15) is 0 Å². The fourth-order valence-corrected chi connectivity index (χ4v) is 1.14. The standard InChI is InChI=1S/C10H15N3O2.ClH/c1-13(2)9-4-3-7(6-12-9)5-8(11)10(14)15;/h3-4,6,8H,5,11H2,1-2H3,(H,14,15);1H/t8-;/m0./s1. The van der Waals surface area contributed by atoms with Gasteiger partial charge >= 0.3 is 5.97 Å². The van der Waals surface area contributed by atoms with Gasteiger partial charge in [-0.1, -0.05) is 6.07 Å². The van der Waals surface area contributed by atoms with Gasteiger partial charge < -0.3 is 15.7 Å². The molecule has 3 N–H and O–H groups in total. The maximum absolute atomic E-state index is 10.5. The topological polar surface area (TPSA) is 79.5 Å². The van der Waals surface area contributed by atoms with Crippen molar-refractivity contribution in [1.29, 1.82) is 0 Å². The van der Waals surface area contributed by atoms with Crippen LogP contribution in [0.5, 0.6) is 0 Å². The Morgan fingerprint density at radius 3 is 2.56 bits per heavy atom. The van der Waals surface area contributed by atoms with Crippen molar-refractivity contribution in [2.75, 3.05) is 19.0 Å². The van der Waals surface area contributed by atoms with Crippen molar-refractivity contribution in [3.8, 4) is 0 Å². The summed E-state index contributed by atoms with van der Waals surface area (Å²) in [4.78, 5) is 16.6. The van der Waals surface area contributed by atoms with E-state index in [2.05, 4.69) is 4.98 Å². The third-order valence-corrected chi connectivity index (χ3v) is 2.04. The molecule has 1 aromatic heterocycles. The van der Waals surface area contributed by atoms with E-state index in [4.69, 9.17) is 10.8 Å². The minimum atomic E-state index is -0.994. The maximum Gasteiger partial charge on any atom is 0.320 e. The molecule has 1 aromatic rings. The number of anilines is 1. The number of halogens is 1. The number of carboxylic acid groups (broad SMARTS) is 1. The predicted molar refractivity (Wildman–Crippen MR) is 65.1 cm³/mol. The number of hydrogen-bond donors (Lipinski definition) is 2. The Bertz CT molecular complexity index is 340. The second kappa shape index (κ2) is 6.30. The van der Waals surface area contributed by atoms with Gasteiger partial charge in [0.15, 0.2) is 0 Å². The van der Waals surface area contributed by atoms with Crippen LogP contribution < -0.4 is 10.6 Å². The summed E-state index contributed by atoms with van der Waals surface area (Å²) in [5, 5.41) is 8.63. The zero-order valence-corrected chi connectivity index (χ0v) is 10.1. The van der Waals surface area contributed by atoms with E-state index in [1.54, 1.807) is 6.20 Å². The Morgan fingerprint density at radius 2 is 2.19 bits per heavy atom. The fraction of sp³-hybridized carbons (Fsp3) is 0.400. The van der Waals surface area contributed by atoms with Crippen LogP contribution >= 0.6 is 12.4 Å². The molecule has 0 fully saturated rings. The highest BCUT2D eigenvalue weighted by Crippen LogP contribution is 2.08. The van der Waals surface area contributed by atoms with Gasteiger partial charge in [-0.05, 0) is 18.1 Å². The van der Waals surface area contributed by atoms with Crippen molar-refractivity contribution >= 4 is 24.2 Å². The molecule has 6 heteroatoms. The van der Waals surface area contributed by atoms with E-state index < -0.39 is 12.0 Å². The summed E-state index contributed by atoms with van der Waals surface area (Å²) in [5.74, 6) is -0.158. The minimum absolute atomic E-state index is 0. The summed E-state index contributed by atoms with van der Waals surface area (Å²) in [5.41, 5.74) is 6.24. The Labute approximate surface area is 101 Å². The van der Waals surface area contributed by atoms with Crippen molar-refractivity contribution in [3.63, 3.8) is 0 Å². The van der Waals surface area contributed by atoms with Crippen LogP contribution in [-0.4, -0.2) is 36.2 Å². The lowest BCUT2D eigenvalue weighted by Crippen LogP contribution is -2.32. The molecular weight excluding hydrogens is 230 g/mol. The normalized spacial score (nSPS) is 11.4. The van der Waals surface area contributed by atoms with Gasteiger partial charge in [0.2, 0.25) is 0 Å². The number of aliphatic carboxylic acids is 1. The van der Waals surface area contributed by atoms with Crippen LogP contribution in [0.4, 0.5) is 5.82 Å². The van der Waals surface area contributed by atoms with Gasteiger partial charge in [0.1, 0.15) is 11.9 Å². The molecule has 1 atom stereocenters. The third kappa shape index (κ3) is 4.04. The van der Waals surface area contributed by atoms with Crippen molar-refractivity contribution in [2.45, 2.75) is 12.5 Å². The first-order valence-electron chi connectivity index (χ1n) is 4.61. The molecule has 1 rings (SSSR count). The van der Waals surface area contributed by atoms with Gasteiger partial charge in [0.05, 0.1) is 0 Å². The van der Waals surface area contributed by atoms with Gasteiger partial charge in [0, 0.05) is 20.3 Å². The molecule has 0 saturated carbocycles. The van der Waals surface area contributed by atoms with Crippen molar-refractivity contribution in [3.05, 3.63) is 23.9 Å². The number of hydrogen-bond acceptors (Lipinski definition) is 4. The highest BCUT2D eigenvalue weighted by atomic mass is 35.5. The summed E-state index contributed by atoms with van der Waals surface area (Å²) in [6.45, 7) is 0. The zero-order chi connectivity index (χ0) is 11.4. The molecule has 1 heterocycles. The molecule has 0 aliphatic rings. The van der Waals surface area contributed by atoms with Crippen molar-refractivity contribution in [2.24, 2.45) is 5.73 Å². The zero-order valence-electron chi connectivity index (χ0n) is 9.25. The van der Waals surface area contributed by atoms with E-state index in [0.717, 1.165) is 11.4 Å². The van der Waals surface area contributed by atoms with Crippen molar-refractivity contribution in [1.82, 2.24) is 4.98 Å². The number of nitrogens with two attached hydrogens (primary N) is 1. The predicted octanol–water partition coefficient (Wildman–Crippen LogP) is 0.524. The second-order valence-electron chi connectivity index (χ2n) is 3.57. The summed E-state index contributed by atoms with van der Waals surface area (Å²) < 4.78 is 0. The first kappa shape index (κ1) is 14.7. The molecule has 0 spiro atoms. The lowest BCUT2D eigenvalue weighted by Gasteiger charge is -2.11. The van der Waals surface area contributed by atoms with E-state index in [-0.39, 0.29) is 12.4 Å². The molecule has 0 aromatic carbocycles. The van der Waals surface area contributed by atoms with Gasteiger partial charge in [-0.3, -0.25) is 4.79 Å². The molecule has 0 aliphatic carbocycles. The summed E-state index contributed by atoms with van der Waals surface area (Å²) in [7, 11) is 3.79. The summed E-state index contributed by atoms with van der Waals surface area (Å²) in [6.07, 6.45) is 1.95. The van der Waals surface area contributed by atoms with Crippen LogP contribution in [0.15, 0.2) is 18.3 Å². The summed E-state index contributed by atoms with van der Waals surface area (Å²) >= 11 is 0. The van der Waals surface area contributed by atoms with E-state index in [0.29, 0.717) is 6.42 Å². The van der Waals surface area contributed by atoms with Crippen LogP contribution in [0.3, 0.4) is 0 Å². The van der Waals surface area contributed by atoms with Crippen LogP contribution in [0, 0.1) is 0 Å². The molecule has 0 amide bonds. The summed E-state index contributed by atoms with van der Waals surface area (Å²) in [6, 6.07) is 2.81. The highest BCUT2D eigenvalue weighted by Gasteiger charge is 2.12. The molecule has 0 radical (unpaired) electrons. The molecular formula is C10H16ClN3O2. The number of carboxylic acids is 1. The van der Waals surface area contributed by atoms with Crippen LogP contribution in [-0.2, 0) is 11.2 Å². The maximum atomic E-state index is 10.5. The largest absolute Gasteiger partial charge is 0.480 e. The average Bonchev–Trinajstić information content (AvgIpc) is 2.18. The highest BCUT2D eigenvalue weighted by molar-refractivity contribution is 5.85. The second-order valence-corrected chi connectivity index (χ2v) is 3.57. The Balaban J connectivity index is 0.00000225. The lowest BCUT2D eigenvalue weighted by molar-refractivity contribution is -0.138. The monoisotopic (exact) mass is 245 g/mol. The molecule has 0 unspecified atom stereocenters. The van der Waals surface area contributed by atoms with E-state index in [1.807, 2.05) is 31.1 Å². The quantitative estimate of drug-likeness (QED) is 0.809. The van der Waals surface area contributed by atoms with Crippen molar-refractivity contribution < 1.29 is 9.90 Å². The first-order valence-corrected chi connectivity index (χ1v) is 4.61. The molecule has 16 heavy (non-hydrogen) atoms. The molecule has 5 nitrogen and oxygen atoms in total. The lowest BCUT2D eigenvalue weighted by atomic mass is 10.1. The minimum Gasteiger partial charge on any atom is -0.480 e. The Kier molecular flexibility index (Phi) is 5.77.